The Labute approximate surface area is 141 Å². The van der Waals surface area contributed by atoms with Crippen molar-refractivity contribution >= 4 is 33.7 Å². The van der Waals surface area contributed by atoms with Crippen LogP contribution in [-0.2, 0) is 11.2 Å². The number of nitrogens with one attached hydrogen (secondary N) is 1. The summed E-state index contributed by atoms with van der Waals surface area (Å²) in [6, 6.07) is 12.2. The largest absolute Gasteiger partial charge is 0.273 e. The topological polar surface area (TPSA) is 84.6 Å². The highest BCUT2D eigenvalue weighted by Crippen LogP contribution is 2.18. The van der Waals surface area contributed by atoms with Gasteiger partial charge in [-0.1, -0.05) is 40.2 Å². The first-order valence-electron chi connectivity index (χ1n) is 6.77. The minimum absolute atomic E-state index is 0.0233. The molecule has 1 N–H and O–H groups in total. The van der Waals surface area contributed by atoms with Crippen molar-refractivity contribution < 1.29 is 9.72 Å². The molecule has 0 aliphatic heterocycles. The fourth-order valence-corrected chi connectivity index (χ4v) is 2.17. The Hall–Kier alpha value is -2.54. The summed E-state index contributed by atoms with van der Waals surface area (Å²) in [5, 5.41) is 14.7. The summed E-state index contributed by atoms with van der Waals surface area (Å²) >= 11 is 3.33. The van der Waals surface area contributed by atoms with Crippen molar-refractivity contribution in [2.24, 2.45) is 5.10 Å². The van der Waals surface area contributed by atoms with Crippen LogP contribution in [0.4, 0.5) is 5.69 Å². The standard InChI is InChI=1S/C16H14BrN3O3/c1-11-2-3-13(8-15(11)20(22)23)10-18-19-16(21)9-12-4-6-14(17)7-5-12/h2-8,10H,9H2,1H3,(H,19,21)/b18-10+. The van der Waals surface area contributed by atoms with E-state index in [0.717, 1.165) is 10.0 Å². The molecule has 0 bridgehead atoms. The molecule has 0 aliphatic rings. The molecule has 7 heteroatoms. The maximum atomic E-state index is 11.8. The SMILES string of the molecule is Cc1ccc(/C=N/NC(=O)Cc2ccc(Br)cc2)cc1[N+](=O)[O-]. The third-order valence-corrected chi connectivity index (χ3v) is 3.64. The quantitative estimate of drug-likeness (QED) is 0.493. The molecule has 118 valence electrons. The highest BCUT2D eigenvalue weighted by Gasteiger charge is 2.10. The van der Waals surface area contributed by atoms with Crippen molar-refractivity contribution in [3.63, 3.8) is 0 Å². The average molecular weight is 376 g/mol. The molecule has 0 aromatic heterocycles. The molecule has 23 heavy (non-hydrogen) atoms. The number of aryl methyl sites for hydroxylation is 1. The van der Waals surface area contributed by atoms with Gasteiger partial charge < -0.3 is 0 Å². The van der Waals surface area contributed by atoms with Crippen molar-refractivity contribution in [2.75, 3.05) is 0 Å². The molecule has 2 rings (SSSR count). The highest BCUT2D eigenvalue weighted by molar-refractivity contribution is 9.10. The molecule has 0 unspecified atom stereocenters. The molecule has 0 atom stereocenters. The lowest BCUT2D eigenvalue weighted by atomic mass is 10.1. The van der Waals surface area contributed by atoms with E-state index < -0.39 is 4.92 Å². The van der Waals surface area contributed by atoms with E-state index >= 15 is 0 Å². The number of hydrogen-bond acceptors (Lipinski definition) is 4. The lowest BCUT2D eigenvalue weighted by Gasteiger charge is -2.01. The minimum atomic E-state index is -0.446. The van der Waals surface area contributed by atoms with Gasteiger partial charge in [0.1, 0.15) is 0 Å². The lowest BCUT2D eigenvalue weighted by molar-refractivity contribution is -0.385. The fraction of sp³-hybridized carbons (Fsp3) is 0.125. The van der Waals surface area contributed by atoms with Crippen LogP contribution >= 0.6 is 15.9 Å². The number of nitro benzene ring substituents is 1. The maximum absolute atomic E-state index is 11.8. The number of nitrogens with zero attached hydrogens (tertiary/aromatic N) is 2. The smallest absolute Gasteiger partial charge is 0.272 e. The van der Waals surface area contributed by atoms with Gasteiger partial charge in [0, 0.05) is 21.7 Å². The van der Waals surface area contributed by atoms with Crippen LogP contribution in [0.2, 0.25) is 0 Å². The maximum Gasteiger partial charge on any atom is 0.272 e. The van der Waals surface area contributed by atoms with Gasteiger partial charge in [0.15, 0.2) is 0 Å². The molecular formula is C16H14BrN3O3. The minimum Gasteiger partial charge on any atom is -0.273 e. The average Bonchev–Trinajstić information content (AvgIpc) is 2.51. The zero-order chi connectivity index (χ0) is 16.8. The van der Waals surface area contributed by atoms with E-state index in [4.69, 9.17) is 0 Å². The molecule has 0 aliphatic carbocycles. The van der Waals surface area contributed by atoms with E-state index in [1.54, 1.807) is 19.1 Å². The first-order valence-corrected chi connectivity index (χ1v) is 7.56. The molecule has 1 amide bonds. The molecule has 0 heterocycles. The van der Waals surface area contributed by atoms with Gasteiger partial charge in [-0.05, 0) is 24.6 Å². The number of carbonyl (C=O) groups is 1. The van der Waals surface area contributed by atoms with E-state index in [9.17, 15) is 14.9 Å². The number of benzene rings is 2. The normalized spacial score (nSPS) is 10.7. The predicted octanol–water partition coefficient (Wildman–Crippen LogP) is 3.36. The van der Waals surface area contributed by atoms with Gasteiger partial charge in [-0.15, -0.1) is 0 Å². The van der Waals surface area contributed by atoms with E-state index in [2.05, 4.69) is 26.5 Å². The van der Waals surface area contributed by atoms with Gasteiger partial charge in [0.25, 0.3) is 5.69 Å². The second kappa shape index (κ2) is 7.64. The van der Waals surface area contributed by atoms with Gasteiger partial charge in [0.2, 0.25) is 5.91 Å². The Morgan fingerprint density at radius 1 is 1.30 bits per heavy atom. The number of rotatable bonds is 5. The van der Waals surface area contributed by atoms with Crippen molar-refractivity contribution in [1.29, 1.82) is 0 Å². The number of halogens is 1. The Morgan fingerprint density at radius 2 is 2.00 bits per heavy atom. The molecule has 2 aromatic rings. The predicted molar refractivity (Wildman–Crippen MR) is 91.4 cm³/mol. The summed E-state index contributed by atoms with van der Waals surface area (Å²) in [7, 11) is 0. The Balaban J connectivity index is 1.96. The fourth-order valence-electron chi connectivity index (χ4n) is 1.91. The first kappa shape index (κ1) is 16.8. The molecule has 0 spiro atoms. The molecule has 0 saturated heterocycles. The van der Waals surface area contributed by atoms with Crippen LogP contribution in [0.5, 0.6) is 0 Å². The first-order chi connectivity index (χ1) is 11.0. The number of hydrogen-bond donors (Lipinski definition) is 1. The molecule has 0 radical (unpaired) electrons. The van der Waals surface area contributed by atoms with Gasteiger partial charge in [-0.25, -0.2) is 5.43 Å². The molecule has 6 nitrogen and oxygen atoms in total. The van der Waals surface area contributed by atoms with Crippen LogP contribution in [0.15, 0.2) is 52.0 Å². The second-order valence-electron chi connectivity index (χ2n) is 4.90. The van der Waals surface area contributed by atoms with E-state index in [1.807, 2.05) is 24.3 Å². The zero-order valence-electron chi connectivity index (χ0n) is 12.3. The number of nitro groups is 1. The van der Waals surface area contributed by atoms with Crippen LogP contribution in [0, 0.1) is 17.0 Å². The van der Waals surface area contributed by atoms with Gasteiger partial charge in [0.05, 0.1) is 17.6 Å². The Morgan fingerprint density at radius 3 is 2.65 bits per heavy atom. The molecular weight excluding hydrogens is 362 g/mol. The van der Waals surface area contributed by atoms with Gasteiger partial charge in [-0.3, -0.25) is 14.9 Å². The van der Waals surface area contributed by atoms with Gasteiger partial charge in [-0.2, -0.15) is 5.10 Å². The molecule has 2 aromatic carbocycles. The van der Waals surface area contributed by atoms with Gasteiger partial charge >= 0.3 is 0 Å². The summed E-state index contributed by atoms with van der Waals surface area (Å²) in [4.78, 5) is 22.2. The second-order valence-corrected chi connectivity index (χ2v) is 5.82. The Bertz CT molecular complexity index is 758. The van der Waals surface area contributed by atoms with Crippen LogP contribution in [0.25, 0.3) is 0 Å². The number of carbonyl (C=O) groups excluding carboxylic acids is 1. The van der Waals surface area contributed by atoms with Crippen LogP contribution < -0.4 is 5.43 Å². The highest BCUT2D eigenvalue weighted by atomic mass is 79.9. The summed E-state index contributed by atoms with van der Waals surface area (Å²) in [5.74, 6) is -0.259. The third-order valence-electron chi connectivity index (χ3n) is 3.11. The lowest BCUT2D eigenvalue weighted by Crippen LogP contribution is -2.19. The van der Waals surface area contributed by atoms with E-state index in [-0.39, 0.29) is 18.0 Å². The summed E-state index contributed by atoms with van der Waals surface area (Å²) in [5.41, 5.74) is 4.42. The summed E-state index contributed by atoms with van der Waals surface area (Å²) in [6.45, 7) is 1.67. The van der Waals surface area contributed by atoms with E-state index in [0.29, 0.717) is 11.1 Å². The zero-order valence-corrected chi connectivity index (χ0v) is 13.9. The van der Waals surface area contributed by atoms with Crippen molar-refractivity contribution in [3.8, 4) is 0 Å². The van der Waals surface area contributed by atoms with Crippen LogP contribution in [0.3, 0.4) is 0 Å². The number of hydrazone groups is 1. The summed E-state index contributed by atoms with van der Waals surface area (Å²) < 4.78 is 0.945. The monoisotopic (exact) mass is 375 g/mol. The van der Waals surface area contributed by atoms with Crippen molar-refractivity contribution in [1.82, 2.24) is 5.43 Å². The van der Waals surface area contributed by atoms with Crippen LogP contribution in [0.1, 0.15) is 16.7 Å². The van der Waals surface area contributed by atoms with E-state index in [1.165, 1.54) is 12.3 Å². The molecule has 0 saturated carbocycles. The van der Waals surface area contributed by atoms with Crippen molar-refractivity contribution in [3.05, 3.63) is 73.7 Å². The third kappa shape index (κ3) is 5.00. The molecule has 0 fully saturated rings. The summed E-state index contributed by atoms with van der Waals surface area (Å²) in [6.07, 6.45) is 1.59. The van der Waals surface area contributed by atoms with Crippen molar-refractivity contribution in [2.45, 2.75) is 13.3 Å². The Kier molecular flexibility index (Phi) is 5.59. The van der Waals surface area contributed by atoms with Crippen LogP contribution in [-0.4, -0.2) is 17.0 Å². The number of amides is 1.